The lowest BCUT2D eigenvalue weighted by Gasteiger charge is -2.09. The van der Waals surface area contributed by atoms with Gasteiger partial charge in [-0.1, -0.05) is 0 Å². The van der Waals surface area contributed by atoms with Crippen molar-refractivity contribution in [3.63, 3.8) is 0 Å². The van der Waals surface area contributed by atoms with Crippen molar-refractivity contribution in [3.8, 4) is 0 Å². The lowest BCUT2D eigenvalue weighted by molar-refractivity contribution is 0.0691. The molecule has 1 fully saturated rings. The van der Waals surface area contributed by atoms with E-state index in [2.05, 4.69) is 0 Å². The minimum absolute atomic E-state index is 0.235. The van der Waals surface area contributed by atoms with Crippen LogP contribution in [0.3, 0.4) is 0 Å². The van der Waals surface area contributed by atoms with Crippen LogP contribution in [0.2, 0.25) is 0 Å². The standard InChI is InChI=1S/C12H13FO3S/c13-11-4-3-9(6-10(11)12(14)15)17-7-8-2-1-5-16-8/h3-4,6,8H,1-2,5,7H2,(H,14,15). The van der Waals surface area contributed by atoms with Gasteiger partial charge in [0.2, 0.25) is 0 Å². The molecule has 1 heterocycles. The molecule has 1 aliphatic heterocycles. The Labute approximate surface area is 103 Å². The first-order valence-corrected chi connectivity index (χ1v) is 6.42. The van der Waals surface area contributed by atoms with Crippen LogP contribution in [0.25, 0.3) is 0 Å². The van der Waals surface area contributed by atoms with Gasteiger partial charge in [-0.25, -0.2) is 9.18 Å². The van der Waals surface area contributed by atoms with Crippen molar-refractivity contribution < 1.29 is 19.0 Å². The Morgan fingerprint density at radius 2 is 2.41 bits per heavy atom. The van der Waals surface area contributed by atoms with Gasteiger partial charge in [0.15, 0.2) is 0 Å². The Hall–Kier alpha value is -1.07. The molecule has 1 unspecified atom stereocenters. The Morgan fingerprint density at radius 1 is 1.59 bits per heavy atom. The highest BCUT2D eigenvalue weighted by Crippen LogP contribution is 2.25. The summed E-state index contributed by atoms with van der Waals surface area (Å²) in [7, 11) is 0. The van der Waals surface area contributed by atoms with Gasteiger partial charge in [-0.3, -0.25) is 0 Å². The van der Waals surface area contributed by atoms with Crippen LogP contribution < -0.4 is 0 Å². The summed E-state index contributed by atoms with van der Waals surface area (Å²) in [5, 5.41) is 8.80. The summed E-state index contributed by atoms with van der Waals surface area (Å²) in [5.74, 6) is -1.15. The molecule has 1 aromatic carbocycles. The molecule has 3 nitrogen and oxygen atoms in total. The first kappa shape index (κ1) is 12.4. The van der Waals surface area contributed by atoms with Crippen LogP contribution in [0.4, 0.5) is 4.39 Å². The number of hydrogen-bond donors (Lipinski definition) is 1. The fraction of sp³-hybridized carbons (Fsp3) is 0.417. The lowest BCUT2D eigenvalue weighted by atomic mass is 10.2. The molecule has 0 spiro atoms. The highest BCUT2D eigenvalue weighted by atomic mass is 32.2. The number of ether oxygens (including phenoxy) is 1. The van der Waals surface area contributed by atoms with Gasteiger partial charge in [0, 0.05) is 17.3 Å². The SMILES string of the molecule is O=C(O)c1cc(SCC2CCCO2)ccc1F. The fourth-order valence-corrected chi connectivity index (χ4v) is 2.73. The fourth-order valence-electron chi connectivity index (χ4n) is 1.72. The highest BCUT2D eigenvalue weighted by molar-refractivity contribution is 7.99. The minimum Gasteiger partial charge on any atom is -0.478 e. The molecule has 92 valence electrons. The lowest BCUT2D eigenvalue weighted by Crippen LogP contribution is -2.08. The third-order valence-electron chi connectivity index (χ3n) is 2.63. The molecule has 5 heteroatoms. The number of aromatic carboxylic acids is 1. The molecule has 0 amide bonds. The zero-order valence-electron chi connectivity index (χ0n) is 9.19. The van der Waals surface area contributed by atoms with Gasteiger partial charge >= 0.3 is 5.97 Å². The molecular formula is C12H13FO3S. The number of carboxylic acid groups (broad SMARTS) is 1. The van der Waals surface area contributed by atoms with Gasteiger partial charge in [-0.05, 0) is 31.0 Å². The molecule has 1 N–H and O–H groups in total. The van der Waals surface area contributed by atoms with Crippen LogP contribution in [0.1, 0.15) is 23.2 Å². The average Bonchev–Trinajstić information content (AvgIpc) is 2.80. The Morgan fingerprint density at radius 3 is 3.06 bits per heavy atom. The summed E-state index contributed by atoms with van der Waals surface area (Å²) in [5.41, 5.74) is -0.276. The molecule has 2 rings (SSSR count). The van der Waals surface area contributed by atoms with Crippen molar-refractivity contribution in [2.75, 3.05) is 12.4 Å². The number of benzene rings is 1. The van der Waals surface area contributed by atoms with Gasteiger partial charge in [-0.2, -0.15) is 0 Å². The van der Waals surface area contributed by atoms with Gasteiger partial charge in [0.1, 0.15) is 5.82 Å². The van der Waals surface area contributed by atoms with E-state index in [-0.39, 0.29) is 11.7 Å². The summed E-state index contributed by atoms with van der Waals surface area (Å²) in [6.07, 6.45) is 2.35. The molecule has 0 aliphatic carbocycles. The third kappa shape index (κ3) is 3.20. The molecule has 1 aromatic rings. The number of rotatable bonds is 4. The van der Waals surface area contributed by atoms with Crippen LogP contribution in [0, 0.1) is 5.82 Å². The topological polar surface area (TPSA) is 46.5 Å². The average molecular weight is 256 g/mol. The Kier molecular flexibility index (Phi) is 4.02. The number of hydrogen-bond acceptors (Lipinski definition) is 3. The molecule has 0 aromatic heterocycles. The summed E-state index contributed by atoms with van der Waals surface area (Å²) >= 11 is 1.50. The van der Waals surface area contributed by atoms with Crippen molar-refractivity contribution in [2.45, 2.75) is 23.8 Å². The van der Waals surface area contributed by atoms with Gasteiger partial charge in [-0.15, -0.1) is 11.8 Å². The van der Waals surface area contributed by atoms with E-state index in [0.29, 0.717) is 0 Å². The van der Waals surface area contributed by atoms with E-state index in [9.17, 15) is 9.18 Å². The van der Waals surface area contributed by atoms with Crippen molar-refractivity contribution in [1.82, 2.24) is 0 Å². The molecule has 0 saturated carbocycles. The van der Waals surface area contributed by atoms with E-state index in [0.717, 1.165) is 30.1 Å². The van der Waals surface area contributed by atoms with Crippen LogP contribution in [-0.2, 0) is 4.74 Å². The summed E-state index contributed by atoms with van der Waals surface area (Å²) < 4.78 is 18.6. The van der Waals surface area contributed by atoms with E-state index < -0.39 is 11.8 Å². The predicted molar refractivity (Wildman–Crippen MR) is 63.1 cm³/mol. The van der Waals surface area contributed by atoms with Gasteiger partial charge in [0.05, 0.1) is 11.7 Å². The maximum atomic E-state index is 13.1. The zero-order valence-corrected chi connectivity index (χ0v) is 10.0. The molecule has 1 saturated heterocycles. The second kappa shape index (κ2) is 5.51. The first-order valence-electron chi connectivity index (χ1n) is 5.44. The van der Waals surface area contributed by atoms with Crippen molar-refractivity contribution >= 4 is 17.7 Å². The second-order valence-corrected chi connectivity index (χ2v) is 4.99. The Bertz CT molecular complexity index is 416. The first-order chi connectivity index (χ1) is 8.16. The van der Waals surface area contributed by atoms with Crippen molar-refractivity contribution in [1.29, 1.82) is 0 Å². The smallest absolute Gasteiger partial charge is 0.338 e. The number of thioether (sulfide) groups is 1. The van der Waals surface area contributed by atoms with Crippen LogP contribution in [0.5, 0.6) is 0 Å². The monoisotopic (exact) mass is 256 g/mol. The van der Waals surface area contributed by atoms with E-state index in [4.69, 9.17) is 9.84 Å². The highest BCUT2D eigenvalue weighted by Gasteiger charge is 2.16. The summed E-state index contributed by atoms with van der Waals surface area (Å²) in [6.45, 7) is 0.801. The minimum atomic E-state index is -1.23. The predicted octanol–water partition coefficient (Wildman–Crippen LogP) is 2.80. The summed E-state index contributed by atoms with van der Waals surface area (Å²) in [6, 6.07) is 4.17. The van der Waals surface area contributed by atoms with E-state index in [1.807, 2.05) is 0 Å². The van der Waals surface area contributed by atoms with Crippen LogP contribution >= 0.6 is 11.8 Å². The number of carbonyl (C=O) groups is 1. The Balaban J connectivity index is 2.00. The molecule has 1 aliphatic rings. The maximum absolute atomic E-state index is 13.1. The zero-order chi connectivity index (χ0) is 12.3. The molecule has 1 atom stereocenters. The second-order valence-electron chi connectivity index (χ2n) is 3.89. The van der Waals surface area contributed by atoms with Crippen molar-refractivity contribution in [3.05, 3.63) is 29.6 Å². The molecular weight excluding hydrogens is 243 g/mol. The van der Waals surface area contributed by atoms with Gasteiger partial charge in [0.25, 0.3) is 0 Å². The quantitative estimate of drug-likeness (QED) is 0.841. The molecule has 17 heavy (non-hydrogen) atoms. The van der Waals surface area contributed by atoms with E-state index in [1.165, 1.54) is 23.9 Å². The van der Waals surface area contributed by atoms with Crippen LogP contribution in [-0.4, -0.2) is 29.5 Å². The molecule has 0 bridgehead atoms. The van der Waals surface area contributed by atoms with E-state index >= 15 is 0 Å². The largest absolute Gasteiger partial charge is 0.478 e. The third-order valence-corrected chi connectivity index (χ3v) is 3.75. The van der Waals surface area contributed by atoms with Crippen LogP contribution in [0.15, 0.2) is 23.1 Å². The van der Waals surface area contributed by atoms with Gasteiger partial charge < -0.3 is 9.84 Å². The molecule has 0 radical (unpaired) electrons. The normalized spacial score (nSPS) is 19.5. The maximum Gasteiger partial charge on any atom is 0.338 e. The summed E-state index contributed by atoms with van der Waals surface area (Å²) in [4.78, 5) is 11.5. The van der Waals surface area contributed by atoms with Crippen molar-refractivity contribution in [2.24, 2.45) is 0 Å². The number of halogens is 1. The van der Waals surface area contributed by atoms with E-state index in [1.54, 1.807) is 6.07 Å². The number of carboxylic acids is 1.